The van der Waals surface area contributed by atoms with Crippen LogP contribution >= 0.6 is 0 Å². The number of anilines is 1. The lowest BCUT2D eigenvalue weighted by Gasteiger charge is -2.41. The predicted octanol–water partition coefficient (Wildman–Crippen LogP) is 1.89. The Kier molecular flexibility index (Phi) is 2.61. The van der Waals surface area contributed by atoms with Crippen LogP contribution in [0.15, 0.2) is 24.3 Å². The van der Waals surface area contributed by atoms with Crippen molar-refractivity contribution in [3.8, 4) is 6.07 Å². The second kappa shape index (κ2) is 3.92. The standard InChI is InChI=1S/C12H14N2O/c13-8-10-2-4-11(5-3-10)14-12(9-15)6-1-7-12/h2-5,14-15H,1,6-7,9H2. The van der Waals surface area contributed by atoms with Crippen LogP contribution in [0.1, 0.15) is 24.8 Å². The van der Waals surface area contributed by atoms with Crippen molar-refractivity contribution in [1.29, 1.82) is 5.26 Å². The van der Waals surface area contributed by atoms with E-state index in [1.54, 1.807) is 12.1 Å². The molecule has 0 saturated heterocycles. The summed E-state index contributed by atoms with van der Waals surface area (Å²) in [5.41, 5.74) is 1.52. The molecule has 0 atom stereocenters. The molecule has 1 aromatic carbocycles. The minimum atomic E-state index is -0.117. The van der Waals surface area contributed by atoms with Crippen molar-refractivity contribution in [3.63, 3.8) is 0 Å². The molecule has 3 nitrogen and oxygen atoms in total. The third kappa shape index (κ3) is 1.95. The van der Waals surface area contributed by atoms with Crippen LogP contribution in [0.25, 0.3) is 0 Å². The molecule has 0 heterocycles. The van der Waals surface area contributed by atoms with Gasteiger partial charge in [0, 0.05) is 5.69 Å². The van der Waals surface area contributed by atoms with E-state index in [0.717, 1.165) is 18.5 Å². The molecule has 1 saturated carbocycles. The smallest absolute Gasteiger partial charge is 0.0991 e. The Balaban J connectivity index is 2.08. The number of nitrogens with zero attached hydrogens (tertiary/aromatic N) is 1. The molecule has 3 heteroatoms. The molecule has 2 N–H and O–H groups in total. The first-order valence-corrected chi connectivity index (χ1v) is 5.17. The van der Waals surface area contributed by atoms with Crippen LogP contribution in [0.4, 0.5) is 5.69 Å². The zero-order valence-corrected chi connectivity index (χ0v) is 8.53. The third-order valence-electron chi connectivity index (χ3n) is 3.04. The van der Waals surface area contributed by atoms with E-state index < -0.39 is 0 Å². The van der Waals surface area contributed by atoms with Gasteiger partial charge >= 0.3 is 0 Å². The van der Waals surface area contributed by atoms with Crippen molar-refractivity contribution in [2.24, 2.45) is 0 Å². The molecule has 1 aliphatic rings. The van der Waals surface area contributed by atoms with E-state index in [9.17, 15) is 5.11 Å². The second-order valence-electron chi connectivity index (χ2n) is 4.11. The molecule has 0 aromatic heterocycles. The van der Waals surface area contributed by atoms with E-state index >= 15 is 0 Å². The highest BCUT2D eigenvalue weighted by Gasteiger charge is 2.35. The van der Waals surface area contributed by atoms with Gasteiger partial charge in [-0.05, 0) is 43.5 Å². The molecule has 0 amide bonds. The highest BCUT2D eigenvalue weighted by Crippen LogP contribution is 2.34. The molecule has 2 rings (SSSR count). The van der Waals surface area contributed by atoms with Gasteiger partial charge in [0.2, 0.25) is 0 Å². The Labute approximate surface area is 89.4 Å². The summed E-state index contributed by atoms with van der Waals surface area (Å²) < 4.78 is 0. The number of rotatable bonds is 3. The molecule has 0 radical (unpaired) electrons. The molecule has 0 spiro atoms. The summed E-state index contributed by atoms with van der Waals surface area (Å²) in [7, 11) is 0. The average Bonchev–Trinajstić information content (AvgIpc) is 2.24. The van der Waals surface area contributed by atoms with Gasteiger partial charge in [-0.1, -0.05) is 0 Å². The van der Waals surface area contributed by atoms with Crippen LogP contribution < -0.4 is 5.32 Å². The summed E-state index contributed by atoms with van der Waals surface area (Å²) in [4.78, 5) is 0. The summed E-state index contributed by atoms with van der Waals surface area (Å²) >= 11 is 0. The number of nitrogens with one attached hydrogen (secondary N) is 1. The minimum Gasteiger partial charge on any atom is -0.394 e. The molecule has 1 aromatic rings. The number of hydrogen-bond donors (Lipinski definition) is 2. The van der Waals surface area contributed by atoms with Gasteiger partial charge in [-0.15, -0.1) is 0 Å². The maximum Gasteiger partial charge on any atom is 0.0991 e. The normalized spacial score (nSPS) is 17.6. The van der Waals surface area contributed by atoms with E-state index in [-0.39, 0.29) is 12.1 Å². The van der Waals surface area contributed by atoms with E-state index in [2.05, 4.69) is 11.4 Å². The van der Waals surface area contributed by atoms with Gasteiger partial charge in [-0.25, -0.2) is 0 Å². The average molecular weight is 202 g/mol. The van der Waals surface area contributed by atoms with E-state index in [4.69, 9.17) is 5.26 Å². The fourth-order valence-electron chi connectivity index (χ4n) is 1.86. The fourth-order valence-corrected chi connectivity index (χ4v) is 1.86. The van der Waals surface area contributed by atoms with E-state index in [1.807, 2.05) is 12.1 Å². The van der Waals surface area contributed by atoms with Crippen molar-refractivity contribution < 1.29 is 5.11 Å². The summed E-state index contributed by atoms with van der Waals surface area (Å²) in [6.07, 6.45) is 3.21. The Hall–Kier alpha value is -1.53. The first kappa shape index (κ1) is 10.0. The van der Waals surface area contributed by atoms with Gasteiger partial charge in [-0.2, -0.15) is 5.26 Å². The summed E-state index contributed by atoms with van der Waals surface area (Å²) in [5.74, 6) is 0. The molecule has 1 fully saturated rings. The molecule has 15 heavy (non-hydrogen) atoms. The maximum absolute atomic E-state index is 9.28. The first-order chi connectivity index (χ1) is 7.28. The van der Waals surface area contributed by atoms with Crippen LogP contribution in [-0.2, 0) is 0 Å². The van der Waals surface area contributed by atoms with Crippen molar-refractivity contribution in [2.45, 2.75) is 24.8 Å². The first-order valence-electron chi connectivity index (χ1n) is 5.17. The third-order valence-corrected chi connectivity index (χ3v) is 3.04. The lowest BCUT2D eigenvalue weighted by atomic mass is 9.77. The lowest BCUT2D eigenvalue weighted by Crippen LogP contribution is -2.48. The number of benzene rings is 1. The monoisotopic (exact) mass is 202 g/mol. The Morgan fingerprint density at radius 3 is 2.40 bits per heavy atom. The van der Waals surface area contributed by atoms with Crippen molar-refractivity contribution in [1.82, 2.24) is 0 Å². The number of aliphatic hydroxyl groups excluding tert-OH is 1. The van der Waals surface area contributed by atoms with Crippen molar-refractivity contribution in [2.75, 3.05) is 11.9 Å². The molecule has 0 unspecified atom stereocenters. The van der Waals surface area contributed by atoms with E-state index in [0.29, 0.717) is 5.56 Å². The van der Waals surface area contributed by atoms with Gasteiger partial charge < -0.3 is 10.4 Å². The summed E-state index contributed by atoms with van der Waals surface area (Å²) in [6.45, 7) is 0.174. The van der Waals surface area contributed by atoms with Gasteiger partial charge in [0.1, 0.15) is 0 Å². The van der Waals surface area contributed by atoms with Crippen molar-refractivity contribution in [3.05, 3.63) is 29.8 Å². The van der Waals surface area contributed by atoms with Gasteiger partial charge in [-0.3, -0.25) is 0 Å². The molecular formula is C12H14N2O. The Morgan fingerprint density at radius 2 is 2.00 bits per heavy atom. The molecule has 1 aliphatic carbocycles. The molecule has 0 aliphatic heterocycles. The van der Waals surface area contributed by atoms with Crippen LogP contribution in [0.3, 0.4) is 0 Å². The summed E-state index contributed by atoms with van der Waals surface area (Å²) in [5, 5.41) is 21.3. The molecule has 78 valence electrons. The van der Waals surface area contributed by atoms with Gasteiger partial charge in [0.25, 0.3) is 0 Å². The SMILES string of the molecule is N#Cc1ccc(NC2(CO)CCC2)cc1. The topological polar surface area (TPSA) is 56.0 Å². The number of nitriles is 1. The molecular weight excluding hydrogens is 188 g/mol. The second-order valence-corrected chi connectivity index (χ2v) is 4.11. The number of aliphatic hydroxyl groups is 1. The van der Waals surface area contributed by atoms with Crippen molar-refractivity contribution >= 4 is 5.69 Å². The Morgan fingerprint density at radius 1 is 1.33 bits per heavy atom. The largest absolute Gasteiger partial charge is 0.394 e. The van der Waals surface area contributed by atoms with Crippen LogP contribution in [0.2, 0.25) is 0 Å². The number of hydrogen-bond acceptors (Lipinski definition) is 3. The fraction of sp³-hybridized carbons (Fsp3) is 0.417. The van der Waals surface area contributed by atoms with Gasteiger partial charge in [0.05, 0.1) is 23.8 Å². The molecule has 0 bridgehead atoms. The van der Waals surface area contributed by atoms with Gasteiger partial charge in [0.15, 0.2) is 0 Å². The predicted molar refractivity (Wildman–Crippen MR) is 58.4 cm³/mol. The zero-order chi connectivity index (χ0) is 10.7. The lowest BCUT2D eigenvalue weighted by molar-refractivity contribution is 0.144. The van der Waals surface area contributed by atoms with Crippen LogP contribution in [-0.4, -0.2) is 17.3 Å². The summed E-state index contributed by atoms with van der Waals surface area (Å²) in [6, 6.07) is 9.42. The highest BCUT2D eigenvalue weighted by atomic mass is 16.3. The zero-order valence-electron chi connectivity index (χ0n) is 8.53. The van der Waals surface area contributed by atoms with Crippen LogP contribution in [0.5, 0.6) is 0 Å². The highest BCUT2D eigenvalue weighted by molar-refractivity contribution is 5.49. The van der Waals surface area contributed by atoms with E-state index in [1.165, 1.54) is 6.42 Å². The maximum atomic E-state index is 9.28. The van der Waals surface area contributed by atoms with Crippen LogP contribution in [0, 0.1) is 11.3 Å². The minimum absolute atomic E-state index is 0.117. The quantitative estimate of drug-likeness (QED) is 0.786. The Bertz CT molecular complexity index is 368.